The minimum atomic E-state index is -0.372. The van der Waals surface area contributed by atoms with Gasteiger partial charge in [0.25, 0.3) is 0 Å². The topological polar surface area (TPSA) is 58.6 Å². The van der Waals surface area contributed by atoms with Crippen LogP contribution in [0.5, 0.6) is 0 Å². The Bertz CT molecular complexity index is 621. The normalized spacial score (nSPS) is 9.56. The van der Waals surface area contributed by atoms with E-state index in [9.17, 15) is 8.78 Å². The molecule has 2 rings (SSSR count). The van der Waals surface area contributed by atoms with Crippen LogP contribution in [0.4, 0.5) is 8.78 Å². The summed E-state index contributed by atoms with van der Waals surface area (Å²) in [5, 5.41) is 10.9. The summed E-state index contributed by atoms with van der Waals surface area (Å²) in [7, 11) is 0. The number of hydrogen-bond donors (Lipinski definition) is 2. The van der Waals surface area contributed by atoms with Gasteiger partial charge >= 0.3 is 50.5 Å². The molecular weight excluding hydrogens is 706 g/mol. The molecule has 0 heterocycles. The van der Waals surface area contributed by atoms with Crippen LogP contribution in [-0.2, 0) is 25.1 Å². The van der Waals surface area contributed by atoms with Gasteiger partial charge in [-0.3, -0.25) is 0 Å². The molecule has 0 bridgehead atoms. The fourth-order valence-electron chi connectivity index (χ4n) is 1.79. The number of nitrogens with two attached hydrogens (primary N) is 1. The number of benzene rings is 2. The second-order valence-corrected chi connectivity index (χ2v) is 20.8. The van der Waals surface area contributed by atoms with Crippen LogP contribution in [-0.4, -0.2) is 11.4 Å². The van der Waals surface area contributed by atoms with Crippen molar-refractivity contribution in [1.29, 1.82) is 0 Å². The van der Waals surface area contributed by atoms with Crippen molar-refractivity contribution >= 4 is 43.4 Å². The summed E-state index contributed by atoms with van der Waals surface area (Å²) in [6.45, 7) is 3.88. The van der Waals surface area contributed by atoms with Crippen LogP contribution in [0, 0.1) is 25.5 Å². The molecule has 0 aliphatic rings. The molecule has 0 aliphatic carbocycles. The van der Waals surface area contributed by atoms with Gasteiger partial charge < -0.3 is 10.9 Å². The van der Waals surface area contributed by atoms with Crippen LogP contribution < -0.4 is 19.0 Å². The van der Waals surface area contributed by atoms with E-state index in [2.05, 4.69) is 42.4 Å². The molecule has 2 aromatic carbocycles. The molecular formula is C16H18F2I3N2OV-. The second-order valence-electron chi connectivity index (χ2n) is 4.51. The molecule has 0 saturated carbocycles. The van der Waals surface area contributed by atoms with E-state index in [1.807, 2.05) is 13.0 Å². The summed E-state index contributed by atoms with van der Waals surface area (Å²) in [5.74, 6) is -0.578. The van der Waals surface area contributed by atoms with E-state index in [1.54, 1.807) is 25.1 Å². The molecule has 0 aliphatic heterocycles. The van der Waals surface area contributed by atoms with Crippen LogP contribution in [0.15, 0.2) is 41.6 Å². The Kier molecular flexibility index (Phi) is 18.5. The maximum atomic E-state index is 12.8. The van der Waals surface area contributed by atoms with Crippen molar-refractivity contribution in [1.82, 2.24) is 0 Å². The van der Waals surface area contributed by atoms with Gasteiger partial charge in [0.1, 0.15) is 11.6 Å². The van der Waals surface area contributed by atoms with Gasteiger partial charge in [-0.1, -0.05) is 29.4 Å². The number of oxime groups is 1. The molecule has 139 valence electrons. The minimum absolute atomic E-state index is 0. The van der Waals surface area contributed by atoms with Crippen molar-refractivity contribution in [3.63, 3.8) is 0 Å². The predicted molar refractivity (Wildman–Crippen MR) is 108 cm³/mol. The summed E-state index contributed by atoms with van der Waals surface area (Å²) >= 11 is 5.30. The molecule has 1 radical (unpaired) electrons. The average Bonchev–Trinajstić information content (AvgIpc) is 2.53. The van der Waals surface area contributed by atoms with Gasteiger partial charge in [0, 0.05) is 36.2 Å². The third-order valence-electron chi connectivity index (χ3n) is 3.01. The summed E-state index contributed by atoms with van der Waals surface area (Å²) < 4.78 is 25.6. The summed E-state index contributed by atoms with van der Waals surface area (Å²) in [6.07, 6.45) is 1.09. The van der Waals surface area contributed by atoms with Crippen molar-refractivity contribution in [3.8, 4) is 0 Å². The molecule has 3 N–H and O–H groups in total. The Hall–Kier alpha value is 0.504. The Morgan fingerprint density at radius 3 is 1.92 bits per heavy atom. The van der Waals surface area contributed by atoms with Crippen LogP contribution >= 0.6 is 37.2 Å². The molecule has 9 heteroatoms. The summed E-state index contributed by atoms with van der Waals surface area (Å²) in [4.78, 5) is 0. The molecule has 0 atom stereocenters. The monoisotopic (exact) mass is 724 g/mol. The minimum Gasteiger partial charge on any atom is 0 e. The Morgan fingerprint density at radius 2 is 1.56 bits per heavy atom. The third-order valence-corrected chi connectivity index (χ3v) is 3.01. The number of aryl methyl sites for hydroxylation is 2. The first-order valence-corrected chi connectivity index (χ1v) is 19.2. The van der Waals surface area contributed by atoms with Crippen LogP contribution in [0.25, 0.3) is 0 Å². The fraction of sp³-hybridized carbons (Fsp3) is 0.188. The Labute approximate surface area is 188 Å². The maximum absolute atomic E-state index is 12.8. The van der Waals surface area contributed by atoms with Crippen molar-refractivity contribution in [2.24, 2.45) is 10.9 Å². The van der Waals surface area contributed by atoms with Gasteiger partial charge in [0.2, 0.25) is 0 Å². The first kappa shape index (κ1) is 27.7. The molecule has 0 fully saturated rings. The summed E-state index contributed by atoms with van der Waals surface area (Å²) in [6, 6.07) is 9.65. The molecule has 2 aromatic rings. The van der Waals surface area contributed by atoms with Gasteiger partial charge in [-0.2, -0.15) is 0 Å². The van der Waals surface area contributed by atoms with E-state index in [-0.39, 0.29) is 36.7 Å². The number of nitrogens with zero attached hydrogens (tertiary/aromatic N) is 1. The van der Waals surface area contributed by atoms with Crippen LogP contribution in [0.2, 0.25) is 0 Å². The zero-order valence-electron chi connectivity index (χ0n) is 13.6. The first-order valence-electron chi connectivity index (χ1n) is 6.66. The van der Waals surface area contributed by atoms with E-state index < -0.39 is 0 Å². The van der Waals surface area contributed by atoms with Gasteiger partial charge in [-0.25, -0.2) is 8.78 Å². The first-order chi connectivity index (χ1) is 11.4. The molecule has 25 heavy (non-hydrogen) atoms. The smallest absolute Gasteiger partial charge is 0 e. The van der Waals surface area contributed by atoms with Crippen molar-refractivity contribution < 1.29 is 45.8 Å². The quantitative estimate of drug-likeness (QED) is 0.217. The second kappa shape index (κ2) is 16.7. The SMILES string of the molecule is Cc1cccc(F)c1/C=N/O.Cc1cccc(F)c1CN.I[I-]I.[V]. The van der Waals surface area contributed by atoms with Crippen molar-refractivity contribution in [2.75, 3.05) is 0 Å². The summed E-state index contributed by atoms with van der Waals surface area (Å²) in [5.41, 5.74) is 7.93. The van der Waals surface area contributed by atoms with E-state index in [4.69, 9.17) is 10.9 Å². The standard InChI is InChI=1S/C8H8FNO.C8H10FN.I3.V/c1-6-3-2-4-8(9)7(6)5-10-11;1-6-3-2-4-8(9)7(6)5-10;1-3-2;/h2-5,11H,1H3;2-4H,5,10H2,1H3;;/q;;-1;/b10-5+;;;. The van der Waals surface area contributed by atoms with Crippen molar-refractivity contribution in [2.45, 2.75) is 20.4 Å². The van der Waals surface area contributed by atoms with Crippen molar-refractivity contribution in [3.05, 3.63) is 70.3 Å². The molecule has 0 aromatic heterocycles. The van der Waals surface area contributed by atoms with Gasteiger partial charge in [-0.05, 0) is 37.1 Å². The zero-order chi connectivity index (χ0) is 18.5. The van der Waals surface area contributed by atoms with Gasteiger partial charge in [0.15, 0.2) is 0 Å². The largest absolute Gasteiger partial charge is 0 e. The molecule has 0 spiro atoms. The van der Waals surface area contributed by atoms with E-state index in [0.29, 0.717) is 24.4 Å². The van der Waals surface area contributed by atoms with Gasteiger partial charge in [0.05, 0.1) is 6.21 Å². The van der Waals surface area contributed by atoms with Crippen LogP contribution in [0.3, 0.4) is 0 Å². The molecule has 0 amide bonds. The number of hydrogen-bond acceptors (Lipinski definition) is 3. The van der Waals surface area contributed by atoms with E-state index >= 15 is 0 Å². The zero-order valence-corrected chi connectivity index (χ0v) is 21.4. The Morgan fingerprint density at radius 1 is 1.08 bits per heavy atom. The average molecular weight is 724 g/mol. The molecule has 3 nitrogen and oxygen atoms in total. The maximum Gasteiger partial charge on any atom is 0 e. The number of rotatable bonds is 2. The van der Waals surface area contributed by atoms with E-state index in [0.717, 1.165) is 17.3 Å². The fourth-order valence-corrected chi connectivity index (χ4v) is 1.79. The van der Waals surface area contributed by atoms with E-state index in [1.165, 1.54) is 12.1 Å². The molecule has 0 unspecified atom stereocenters. The van der Waals surface area contributed by atoms with Crippen LogP contribution in [0.1, 0.15) is 22.3 Å². The molecule has 0 saturated heterocycles. The number of halogens is 5. The predicted octanol–water partition coefficient (Wildman–Crippen LogP) is 2.31. The Balaban J connectivity index is 0. The third kappa shape index (κ3) is 11.1. The van der Waals surface area contributed by atoms with Gasteiger partial charge in [-0.15, -0.1) is 0 Å².